The molecule has 0 bridgehead atoms. The zero-order valence-corrected chi connectivity index (χ0v) is 10.1. The van der Waals surface area contributed by atoms with Gasteiger partial charge in [-0.3, -0.25) is 13.8 Å². The van der Waals surface area contributed by atoms with Crippen molar-refractivity contribution in [2.75, 3.05) is 6.61 Å². The van der Waals surface area contributed by atoms with Crippen molar-refractivity contribution in [1.29, 1.82) is 0 Å². The van der Waals surface area contributed by atoms with Gasteiger partial charge in [0.25, 0.3) is 0 Å². The third-order valence-corrected chi connectivity index (χ3v) is 2.64. The van der Waals surface area contributed by atoms with E-state index >= 15 is 0 Å². The van der Waals surface area contributed by atoms with Crippen molar-refractivity contribution in [3.63, 3.8) is 0 Å². The molecule has 0 heterocycles. The van der Waals surface area contributed by atoms with Crippen molar-refractivity contribution in [1.82, 2.24) is 0 Å². The Morgan fingerprint density at radius 3 is 2.35 bits per heavy atom. The Balaban J connectivity index is 4.37. The third-order valence-electron chi connectivity index (χ3n) is 1.61. The molecular weight excluding hydrogens is 255 g/mol. The molecule has 3 N–H and O–H groups in total. The summed E-state index contributed by atoms with van der Waals surface area (Å²) in [5.41, 5.74) is 0. The van der Waals surface area contributed by atoms with Gasteiger partial charge in [0.2, 0.25) is 0 Å². The van der Waals surface area contributed by atoms with Gasteiger partial charge in [0.05, 0.1) is 6.61 Å². The fourth-order valence-electron chi connectivity index (χ4n) is 0.874. The van der Waals surface area contributed by atoms with Crippen molar-refractivity contribution in [3.05, 3.63) is 0 Å². The van der Waals surface area contributed by atoms with Gasteiger partial charge < -0.3 is 15.1 Å². The maximum absolute atomic E-state index is 11.2. The predicted molar refractivity (Wildman–Crippen MR) is 55.4 cm³/mol. The minimum Gasteiger partial charge on any atom is -0.481 e. The summed E-state index contributed by atoms with van der Waals surface area (Å²) in [4.78, 5) is 30.0. The van der Waals surface area contributed by atoms with Gasteiger partial charge >= 0.3 is 19.8 Å². The summed E-state index contributed by atoms with van der Waals surface area (Å²) < 4.78 is 20.1. The molecule has 0 amide bonds. The highest BCUT2D eigenvalue weighted by Crippen LogP contribution is 2.45. The molecule has 0 fully saturated rings. The van der Waals surface area contributed by atoms with Crippen LogP contribution in [-0.4, -0.2) is 39.8 Å². The fraction of sp³-hybridized carbons (Fsp3) is 0.750. The van der Waals surface area contributed by atoms with E-state index in [-0.39, 0.29) is 6.61 Å². The molecule has 0 aliphatic rings. The SMILES string of the molecule is CCCOP(=O)(O)O[C@@H](CCC(=O)O)C(=O)O. The first kappa shape index (κ1) is 16.1. The molecule has 0 aliphatic carbocycles. The predicted octanol–water partition coefficient (Wildman–Crippen LogP) is 0.848. The van der Waals surface area contributed by atoms with E-state index in [4.69, 9.17) is 15.1 Å². The van der Waals surface area contributed by atoms with Crippen molar-refractivity contribution in [2.45, 2.75) is 32.3 Å². The van der Waals surface area contributed by atoms with Crippen LogP contribution in [0.1, 0.15) is 26.2 Å². The molecule has 0 saturated heterocycles. The monoisotopic (exact) mass is 270 g/mol. The molecule has 0 rings (SSSR count). The van der Waals surface area contributed by atoms with Crippen LogP contribution in [0.4, 0.5) is 0 Å². The molecular formula is C8H15O8P. The van der Waals surface area contributed by atoms with Crippen LogP contribution in [0, 0.1) is 0 Å². The van der Waals surface area contributed by atoms with Gasteiger partial charge in [-0.2, -0.15) is 0 Å². The number of phosphoric ester groups is 1. The topological polar surface area (TPSA) is 130 Å². The molecule has 100 valence electrons. The standard InChI is InChI=1S/C8H15O8P/c1-2-5-15-17(13,14)16-6(8(11)12)3-4-7(9)10/h6H,2-5H2,1H3,(H,9,10)(H,11,12)(H,13,14)/t6-/m0/s1. The van der Waals surface area contributed by atoms with Gasteiger partial charge in [0.15, 0.2) is 6.10 Å². The van der Waals surface area contributed by atoms with Gasteiger partial charge in [0, 0.05) is 6.42 Å². The van der Waals surface area contributed by atoms with E-state index in [1.165, 1.54) is 0 Å². The average molecular weight is 270 g/mol. The molecule has 8 nitrogen and oxygen atoms in total. The zero-order valence-electron chi connectivity index (χ0n) is 9.24. The van der Waals surface area contributed by atoms with Gasteiger partial charge in [-0.1, -0.05) is 6.92 Å². The molecule has 17 heavy (non-hydrogen) atoms. The third kappa shape index (κ3) is 7.87. The zero-order chi connectivity index (χ0) is 13.5. The van der Waals surface area contributed by atoms with Crippen molar-refractivity contribution in [3.8, 4) is 0 Å². The van der Waals surface area contributed by atoms with Crippen LogP contribution >= 0.6 is 7.82 Å². The number of carboxylic acids is 2. The summed E-state index contributed by atoms with van der Waals surface area (Å²) in [5, 5.41) is 17.0. The van der Waals surface area contributed by atoms with Gasteiger partial charge in [-0.05, 0) is 12.8 Å². The summed E-state index contributed by atoms with van der Waals surface area (Å²) in [6.07, 6.45) is -2.12. The van der Waals surface area contributed by atoms with E-state index in [1.54, 1.807) is 6.92 Å². The van der Waals surface area contributed by atoms with E-state index in [1.807, 2.05) is 0 Å². The molecule has 0 aromatic carbocycles. The number of hydrogen-bond donors (Lipinski definition) is 3. The lowest BCUT2D eigenvalue weighted by atomic mass is 10.2. The average Bonchev–Trinajstić information content (AvgIpc) is 2.20. The van der Waals surface area contributed by atoms with Gasteiger partial charge in [0.1, 0.15) is 0 Å². The van der Waals surface area contributed by atoms with Crippen LogP contribution in [0.15, 0.2) is 0 Å². The van der Waals surface area contributed by atoms with E-state index in [0.717, 1.165) is 0 Å². The Morgan fingerprint density at radius 2 is 1.94 bits per heavy atom. The van der Waals surface area contributed by atoms with E-state index < -0.39 is 38.7 Å². The maximum atomic E-state index is 11.2. The first-order chi connectivity index (χ1) is 7.78. The minimum atomic E-state index is -4.45. The molecule has 0 aromatic rings. The van der Waals surface area contributed by atoms with Crippen LogP contribution in [0.2, 0.25) is 0 Å². The van der Waals surface area contributed by atoms with E-state index in [0.29, 0.717) is 6.42 Å². The quantitative estimate of drug-likeness (QED) is 0.525. The first-order valence-corrected chi connectivity index (χ1v) is 6.38. The molecule has 1 unspecified atom stereocenters. The Hall–Kier alpha value is -0.950. The second kappa shape index (κ2) is 7.39. The summed E-state index contributed by atoms with van der Waals surface area (Å²) >= 11 is 0. The Bertz CT molecular complexity index is 315. The summed E-state index contributed by atoms with van der Waals surface area (Å²) in [7, 11) is -4.45. The van der Waals surface area contributed by atoms with Gasteiger partial charge in [-0.15, -0.1) is 0 Å². The number of aliphatic carboxylic acids is 2. The van der Waals surface area contributed by atoms with Crippen LogP contribution in [0.5, 0.6) is 0 Å². The summed E-state index contributed by atoms with van der Waals surface area (Å²) in [5.74, 6) is -2.73. The highest BCUT2D eigenvalue weighted by atomic mass is 31.2. The molecule has 2 atom stereocenters. The van der Waals surface area contributed by atoms with E-state index in [2.05, 4.69) is 9.05 Å². The molecule has 0 spiro atoms. The maximum Gasteiger partial charge on any atom is 0.473 e. The second-order valence-electron chi connectivity index (χ2n) is 3.17. The fourth-order valence-corrected chi connectivity index (χ4v) is 1.87. The number of phosphoric acid groups is 1. The number of carboxylic acid groups (broad SMARTS) is 2. The van der Waals surface area contributed by atoms with Crippen LogP contribution in [-0.2, 0) is 23.2 Å². The van der Waals surface area contributed by atoms with Crippen molar-refractivity contribution >= 4 is 19.8 Å². The Kier molecular flexibility index (Phi) is 6.98. The van der Waals surface area contributed by atoms with Crippen LogP contribution < -0.4 is 0 Å². The van der Waals surface area contributed by atoms with Crippen LogP contribution in [0.25, 0.3) is 0 Å². The summed E-state index contributed by atoms with van der Waals surface area (Å²) in [6, 6.07) is 0. The Labute approximate surface area is 97.8 Å². The molecule has 0 aromatic heterocycles. The number of hydrogen-bond acceptors (Lipinski definition) is 5. The lowest BCUT2D eigenvalue weighted by Crippen LogP contribution is -2.24. The van der Waals surface area contributed by atoms with Gasteiger partial charge in [-0.25, -0.2) is 9.36 Å². The first-order valence-electron chi connectivity index (χ1n) is 4.89. The normalized spacial score (nSPS) is 16.1. The second-order valence-corrected chi connectivity index (χ2v) is 4.57. The number of carbonyl (C=O) groups is 2. The highest BCUT2D eigenvalue weighted by molar-refractivity contribution is 7.47. The molecule has 0 radical (unpaired) electrons. The molecule has 0 aliphatic heterocycles. The van der Waals surface area contributed by atoms with Crippen molar-refractivity contribution in [2.24, 2.45) is 0 Å². The molecule has 0 saturated carbocycles. The number of rotatable bonds is 9. The largest absolute Gasteiger partial charge is 0.481 e. The highest BCUT2D eigenvalue weighted by Gasteiger charge is 2.31. The smallest absolute Gasteiger partial charge is 0.473 e. The summed E-state index contributed by atoms with van der Waals surface area (Å²) in [6.45, 7) is 1.64. The molecule has 9 heteroatoms. The van der Waals surface area contributed by atoms with Crippen LogP contribution in [0.3, 0.4) is 0 Å². The lowest BCUT2D eigenvalue weighted by Gasteiger charge is -2.16. The van der Waals surface area contributed by atoms with Crippen molar-refractivity contribution < 1.29 is 38.3 Å². The minimum absolute atomic E-state index is 0.0565. The Morgan fingerprint density at radius 1 is 1.35 bits per heavy atom. The lowest BCUT2D eigenvalue weighted by molar-refractivity contribution is -0.147. The van der Waals surface area contributed by atoms with E-state index in [9.17, 15) is 14.2 Å².